The topological polar surface area (TPSA) is 47.6 Å². The van der Waals surface area contributed by atoms with E-state index >= 15 is 0 Å². The molecule has 0 unspecified atom stereocenters. The van der Waals surface area contributed by atoms with E-state index in [1.165, 1.54) is 18.6 Å². The van der Waals surface area contributed by atoms with Gasteiger partial charge in [0.05, 0.1) is 12.0 Å². The van der Waals surface area contributed by atoms with Gasteiger partial charge in [-0.05, 0) is 43.4 Å². The van der Waals surface area contributed by atoms with Gasteiger partial charge in [0.2, 0.25) is 5.91 Å². The lowest BCUT2D eigenvalue weighted by Gasteiger charge is -2.31. The number of amides is 1. The Bertz CT molecular complexity index is 606. The molecule has 0 bridgehead atoms. The fraction of sp³-hybridized carbons (Fsp3) is 0.632. The van der Waals surface area contributed by atoms with Crippen LogP contribution in [0.1, 0.15) is 50.5 Å². The minimum atomic E-state index is -0.477. The number of hydrogen-bond donors (Lipinski definition) is 1. The van der Waals surface area contributed by atoms with Gasteiger partial charge in [0.25, 0.3) is 0 Å². The van der Waals surface area contributed by atoms with Crippen LogP contribution in [-0.4, -0.2) is 30.9 Å². The largest absolute Gasteiger partial charge is 0.353 e. The maximum Gasteiger partial charge on any atom is 0.230 e. The summed E-state index contributed by atoms with van der Waals surface area (Å²) in [6, 6.07) is 6.27. The smallest absolute Gasteiger partial charge is 0.230 e. The first kappa shape index (κ1) is 16.0. The zero-order chi connectivity index (χ0) is 16.6. The number of hydrogen-bond acceptors (Lipinski definition) is 3. The van der Waals surface area contributed by atoms with Crippen molar-refractivity contribution in [3.63, 3.8) is 0 Å². The number of halogens is 1. The van der Waals surface area contributed by atoms with E-state index in [4.69, 9.17) is 9.47 Å². The lowest BCUT2D eigenvalue weighted by atomic mass is 9.94. The average molecular weight is 333 g/mol. The molecule has 24 heavy (non-hydrogen) atoms. The van der Waals surface area contributed by atoms with Gasteiger partial charge in [-0.15, -0.1) is 0 Å². The molecule has 1 aromatic rings. The quantitative estimate of drug-likeness (QED) is 0.921. The molecule has 1 heterocycles. The van der Waals surface area contributed by atoms with E-state index in [0.717, 1.165) is 44.1 Å². The first-order valence-corrected chi connectivity index (χ1v) is 8.98. The van der Waals surface area contributed by atoms with Crippen LogP contribution in [0.4, 0.5) is 4.39 Å². The minimum absolute atomic E-state index is 0.0160. The van der Waals surface area contributed by atoms with Gasteiger partial charge in [0.15, 0.2) is 5.79 Å². The van der Waals surface area contributed by atoms with Crippen molar-refractivity contribution in [2.24, 2.45) is 0 Å². The third kappa shape index (κ3) is 2.95. The highest BCUT2D eigenvalue weighted by Crippen LogP contribution is 2.48. The predicted octanol–water partition coefficient (Wildman–Crippen LogP) is 3.05. The first-order valence-electron chi connectivity index (χ1n) is 8.98. The number of benzene rings is 1. The highest BCUT2D eigenvalue weighted by atomic mass is 19.1. The van der Waals surface area contributed by atoms with Crippen LogP contribution in [0.5, 0.6) is 0 Å². The predicted molar refractivity (Wildman–Crippen MR) is 87.0 cm³/mol. The van der Waals surface area contributed by atoms with E-state index in [-0.39, 0.29) is 17.8 Å². The molecule has 1 atom stereocenters. The van der Waals surface area contributed by atoms with E-state index in [1.807, 2.05) is 0 Å². The van der Waals surface area contributed by atoms with E-state index in [0.29, 0.717) is 13.2 Å². The molecular weight excluding hydrogens is 309 g/mol. The van der Waals surface area contributed by atoms with Gasteiger partial charge in [-0.25, -0.2) is 4.39 Å². The molecule has 1 spiro atoms. The van der Waals surface area contributed by atoms with Gasteiger partial charge in [0.1, 0.15) is 11.9 Å². The lowest BCUT2D eigenvalue weighted by Crippen LogP contribution is -2.41. The molecule has 4 nitrogen and oxygen atoms in total. The van der Waals surface area contributed by atoms with Crippen molar-refractivity contribution in [1.29, 1.82) is 0 Å². The molecule has 1 N–H and O–H groups in total. The van der Waals surface area contributed by atoms with Gasteiger partial charge in [-0.1, -0.05) is 18.6 Å². The van der Waals surface area contributed by atoms with Crippen molar-refractivity contribution in [2.45, 2.75) is 62.3 Å². The van der Waals surface area contributed by atoms with Gasteiger partial charge in [-0.2, -0.15) is 0 Å². The molecule has 130 valence electrons. The highest BCUT2D eigenvalue weighted by Gasteiger charge is 2.51. The molecule has 0 radical (unpaired) electrons. The molecule has 1 aromatic carbocycles. The van der Waals surface area contributed by atoms with Crippen LogP contribution in [-0.2, 0) is 19.7 Å². The Morgan fingerprint density at radius 3 is 2.50 bits per heavy atom. The maximum atomic E-state index is 13.1. The third-order valence-corrected chi connectivity index (χ3v) is 5.60. The summed E-state index contributed by atoms with van der Waals surface area (Å²) in [4.78, 5) is 12.6. The van der Waals surface area contributed by atoms with Crippen LogP contribution in [0.25, 0.3) is 0 Å². The SMILES string of the molecule is O=C(NC[C@H]1COC2(CCCCC2)O1)C1(c2ccc(F)cc2)CC1. The molecule has 1 aliphatic heterocycles. The molecule has 3 fully saturated rings. The van der Waals surface area contributed by atoms with Crippen LogP contribution in [0.3, 0.4) is 0 Å². The lowest BCUT2D eigenvalue weighted by molar-refractivity contribution is -0.186. The standard InChI is InChI=1S/C19H24FNO3/c20-15-6-4-14(5-7-15)18(10-11-18)17(22)21-12-16-13-23-19(24-16)8-2-1-3-9-19/h4-7,16H,1-3,8-13H2,(H,21,22)/t16-/m0/s1. The molecule has 3 aliphatic rings. The van der Waals surface area contributed by atoms with Crippen LogP contribution in [0, 0.1) is 5.82 Å². The Hall–Kier alpha value is -1.46. The average Bonchev–Trinajstić information content (AvgIpc) is 3.32. The van der Waals surface area contributed by atoms with Crippen LogP contribution in [0.2, 0.25) is 0 Å². The Morgan fingerprint density at radius 2 is 1.83 bits per heavy atom. The van der Waals surface area contributed by atoms with Crippen LogP contribution >= 0.6 is 0 Å². The van der Waals surface area contributed by atoms with E-state index in [9.17, 15) is 9.18 Å². The molecular formula is C19H24FNO3. The summed E-state index contributed by atoms with van der Waals surface area (Å²) in [6.07, 6.45) is 7.01. The zero-order valence-electron chi connectivity index (χ0n) is 13.9. The third-order valence-electron chi connectivity index (χ3n) is 5.60. The van der Waals surface area contributed by atoms with Crippen molar-refractivity contribution in [2.75, 3.05) is 13.2 Å². The summed E-state index contributed by atoms with van der Waals surface area (Å²) in [5.41, 5.74) is 0.420. The summed E-state index contributed by atoms with van der Waals surface area (Å²) in [5.74, 6) is -0.659. The summed E-state index contributed by atoms with van der Waals surface area (Å²) >= 11 is 0. The molecule has 5 heteroatoms. The number of ether oxygens (including phenoxy) is 2. The molecule has 1 amide bonds. The van der Waals surface area contributed by atoms with Crippen molar-refractivity contribution in [3.8, 4) is 0 Å². The molecule has 1 saturated heterocycles. The second-order valence-corrected chi connectivity index (χ2v) is 7.32. The second kappa shape index (κ2) is 6.12. The van der Waals surface area contributed by atoms with E-state index < -0.39 is 11.2 Å². The molecule has 0 aromatic heterocycles. The summed E-state index contributed by atoms with van der Waals surface area (Å²) < 4.78 is 25.1. The van der Waals surface area contributed by atoms with Gasteiger partial charge in [0, 0.05) is 19.4 Å². The Morgan fingerprint density at radius 1 is 1.12 bits per heavy atom. The van der Waals surface area contributed by atoms with Crippen molar-refractivity contribution in [3.05, 3.63) is 35.6 Å². The number of carbonyl (C=O) groups is 1. The van der Waals surface area contributed by atoms with Gasteiger partial charge in [-0.3, -0.25) is 4.79 Å². The van der Waals surface area contributed by atoms with Gasteiger partial charge < -0.3 is 14.8 Å². The van der Waals surface area contributed by atoms with E-state index in [2.05, 4.69) is 5.32 Å². The maximum absolute atomic E-state index is 13.1. The second-order valence-electron chi connectivity index (χ2n) is 7.32. The number of rotatable bonds is 4. The molecule has 4 rings (SSSR count). The minimum Gasteiger partial charge on any atom is -0.353 e. The van der Waals surface area contributed by atoms with Crippen LogP contribution < -0.4 is 5.32 Å². The van der Waals surface area contributed by atoms with E-state index in [1.54, 1.807) is 12.1 Å². The summed E-state index contributed by atoms with van der Waals surface area (Å²) in [6.45, 7) is 1.02. The van der Waals surface area contributed by atoms with Crippen LogP contribution in [0.15, 0.2) is 24.3 Å². The summed E-state index contributed by atoms with van der Waals surface area (Å²) in [5, 5.41) is 3.02. The number of carbonyl (C=O) groups excluding carboxylic acids is 1. The Labute approximate surface area is 141 Å². The van der Waals surface area contributed by atoms with Crippen molar-refractivity contribution in [1.82, 2.24) is 5.32 Å². The monoisotopic (exact) mass is 333 g/mol. The first-order chi connectivity index (χ1) is 11.6. The summed E-state index contributed by atoms with van der Waals surface area (Å²) in [7, 11) is 0. The van der Waals surface area contributed by atoms with Crippen molar-refractivity contribution >= 4 is 5.91 Å². The highest BCUT2D eigenvalue weighted by molar-refractivity contribution is 5.91. The molecule has 2 aliphatic carbocycles. The Kier molecular flexibility index (Phi) is 4.09. The molecule has 2 saturated carbocycles. The van der Waals surface area contributed by atoms with Gasteiger partial charge >= 0.3 is 0 Å². The normalized spacial score (nSPS) is 27.1. The number of nitrogens with one attached hydrogen (secondary N) is 1. The fourth-order valence-corrected chi connectivity index (χ4v) is 3.99. The fourth-order valence-electron chi connectivity index (χ4n) is 3.99. The van der Waals surface area contributed by atoms with Crippen molar-refractivity contribution < 1.29 is 18.7 Å². The zero-order valence-corrected chi connectivity index (χ0v) is 13.9. The Balaban J connectivity index is 1.33.